The average Bonchev–Trinajstić information content (AvgIpc) is 2.37. The van der Waals surface area contributed by atoms with Gasteiger partial charge in [0.1, 0.15) is 11.6 Å². The van der Waals surface area contributed by atoms with Gasteiger partial charge in [0.05, 0.1) is 5.88 Å². The van der Waals surface area contributed by atoms with Crippen LogP contribution in [0.3, 0.4) is 0 Å². The summed E-state index contributed by atoms with van der Waals surface area (Å²) >= 11 is 1.44. The molecule has 0 unspecified atom stereocenters. The van der Waals surface area contributed by atoms with Crippen molar-refractivity contribution in [3.8, 4) is 0 Å². The van der Waals surface area contributed by atoms with Crippen molar-refractivity contribution < 1.29 is 19.4 Å². The average molecular weight is 261 g/mol. The van der Waals surface area contributed by atoms with Crippen molar-refractivity contribution in [2.75, 3.05) is 5.88 Å². The summed E-state index contributed by atoms with van der Waals surface area (Å²) in [6.07, 6.45) is -0.567. The van der Waals surface area contributed by atoms with Gasteiger partial charge in [-0.1, -0.05) is 0 Å². The van der Waals surface area contributed by atoms with E-state index >= 15 is 0 Å². The van der Waals surface area contributed by atoms with Gasteiger partial charge in [-0.15, -0.1) is 11.8 Å². The van der Waals surface area contributed by atoms with Gasteiger partial charge >= 0.3 is 12.1 Å². The highest BCUT2D eigenvalue weighted by molar-refractivity contribution is 8.00. The van der Waals surface area contributed by atoms with E-state index in [2.05, 4.69) is 0 Å². The first-order chi connectivity index (χ1) is 7.54. The van der Waals surface area contributed by atoms with Crippen molar-refractivity contribution in [1.29, 1.82) is 0 Å². The smallest absolute Gasteiger partial charge is 0.411 e. The topological polar surface area (TPSA) is 66.8 Å². The van der Waals surface area contributed by atoms with E-state index in [1.807, 2.05) is 13.8 Å². The number of carboxylic acids is 1. The number of thioether (sulfide) groups is 1. The zero-order valence-corrected chi connectivity index (χ0v) is 11.6. The van der Waals surface area contributed by atoms with Crippen LogP contribution >= 0.6 is 11.8 Å². The molecule has 1 aliphatic heterocycles. The zero-order chi connectivity index (χ0) is 13.4. The largest absolute Gasteiger partial charge is 0.480 e. The summed E-state index contributed by atoms with van der Waals surface area (Å²) in [5.74, 6) is -0.648. The molecule has 1 saturated heterocycles. The molecule has 0 spiro atoms. The summed E-state index contributed by atoms with van der Waals surface area (Å²) < 4.78 is 4.71. The van der Waals surface area contributed by atoms with Crippen LogP contribution in [0.4, 0.5) is 4.79 Å². The quantitative estimate of drug-likeness (QED) is 0.783. The van der Waals surface area contributed by atoms with Crippen LogP contribution in [0.2, 0.25) is 0 Å². The Morgan fingerprint density at radius 1 is 1.41 bits per heavy atom. The van der Waals surface area contributed by atoms with Crippen molar-refractivity contribution in [3.05, 3.63) is 0 Å². The van der Waals surface area contributed by atoms with E-state index in [-0.39, 0.29) is 0 Å². The number of hydrogen-bond donors (Lipinski definition) is 1. The lowest BCUT2D eigenvalue weighted by atomic mass is 10.0. The molecule has 98 valence electrons. The number of carbonyl (C=O) groups is 2. The van der Waals surface area contributed by atoms with Gasteiger partial charge in [-0.3, -0.25) is 4.90 Å². The minimum Gasteiger partial charge on any atom is -0.480 e. The molecule has 0 saturated carbocycles. The van der Waals surface area contributed by atoms with E-state index in [4.69, 9.17) is 4.74 Å². The number of amides is 1. The number of carboxylic acid groups (broad SMARTS) is 1. The summed E-state index contributed by atoms with van der Waals surface area (Å²) in [6, 6.07) is -0.845. The maximum absolute atomic E-state index is 11.9. The van der Waals surface area contributed by atoms with Crippen molar-refractivity contribution in [1.82, 2.24) is 4.90 Å². The molecule has 6 heteroatoms. The van der Waals surface area contributed by atoms with E-state index in [1.54, 1.807) is 20.8 Å². The summed E-state index contributed by atoms with van der Waals surface area (Å²) in [7, 11) is 0. The van der Waals surface area contributed by atoms with Crippen LogP contribution in [-0.2, 0) is 9.53 Å². The lowest BCUT2D eigenvalue weighted by molar-refractivity contribution is -0.143. The van der Waals surface area contributed by atoms with Crippen LogP contribution < -0.4 is 0 Å². The van der Waals surface area contributed by atoms with E-state index in [9.17, 15) is 14.7 Å². The molecule has 0 radical (unpaired) electrons. The van der Waals surface area contributed by atoms with Gasteiger partial charge in [-0.05, 0) is 34.6 Å². The molecule has 17 heavy (non-hydrogen) atoms. The highest BCUT2D eigenvalue weighted by Gasteiger charge is 2.49. The second kappa shape index (κ2) is 4.40. The van der Waals surface area contributed by atoms with E-state index in [0.717, 1.165) is 0 Å². The van der Waals surface area contributed by atoms with Gasteiger partial charge in [0.25, 0.3) is 0 Å². The van der Waals surface area contributed by atoms with Gasteiger partial charge in [0, 0.05) is 4.75 Å². The van der Waals surface area contributed by atoms with E-state index in [0.29, 0.717) is 5.88 Å². The number of hydrogen-bond acceptors (Lipinski definition) is 4. The number of rotatable bonds is 1. The highest BCUT2D eigenvalue weighted by Crippen LogP contribution is 2.39. The van der Waals surface area contributed by atoms with Crippen molar-refractivity contribution in [2.24, 2.45) is 0 Å². The van der Waals surface area contributed by atoms with Gasteiger partial charge in [-0.2, -0.15) is 0 Å². The SMILES string of the molecule is CC(C)(C)OC(=O)N1CSC(C)(C)[C@@H]1C(=O)O. The molecule has 1 fully saturated rings. The van der Waals surface area contributed by atoms with E-state index < -0.39 is 28.5 Å². The Balaban J connectivity index is 2.85. The van der Waals surface area contributed by atoms with E-state index in [1.165, 1.54) is 16.7 Å². The van der Waals surface area contributed by atoms with Gasteiger partial charge in [0.2, 0.25) is 0 Å². The third kappa shape index (κ3) is 3.28. The van der Waals surface area contributed by atoms with Crippen LogP contribution in [0.15, 0.2) is 0 Å². The second-order valence-corrected chi connectivity index (χ2v) is 7.17. The number of carbonyl (C=O) groups excluding carboxylic acids is 1. The van der Waals surface area contributed by atoms with Gasteiger partial charge in [-0.25, -0.2) is 9.59 Å². The van der Waals surface area contributed by atoms with Crippen molar-refractivity contribution in [2.45, 2.75) is 51.0 Å². The lowest BCUT2D eigenvalue weighted by Gasteiger charge is -2.29. The fraction of sp³-hybridized carbons (Fsp3) is 0.818. The minimum atomic E-state index is -0.995. The Labute approximate surface area is 105 Å². The highest BCUT2D eigenvalue weighted by atomic mass is 32.2. The standard InChI is InChI=1S/C11H19NO4S/c1-10(2,3)16-9(15)12-6-17-11(4,5)7(12)8(13)14/h7H,6H2,1-5H3,(H,13,14)/t7-/m0/s1. The number of ether oxygens (including phenoxy) is 1. The molecule has 0 bridgehead atoms. The molecule has 0 aliphatic carbocycles. The first-order valence-electron chi connectivity index (χ1n) is 5.41. The van der Waals surface area contributed by atoms with Crippen LogP contribution in [0, 0.1) is 0 Å². The summed E-state index contributed by atoms with van der Waals surface area (Å²) in [5.41, 5.74) is -0.614. The molecular formula is C11H19NO4S. The summed E-state index contributed by atoms with van der Waals surface area (Å²) in [4.78, 5) is 24.4. The third-order valence-electron chi connectivity index (χ3n) is 2.41. The van der Waals surface area contributed by atoms with Crippen LogP contribution in [-0.4, -0.2) is 44.3 Å². The number of aliphatic carboxylic acids is 1. The van der Waals surface area contributed by atoms with Gasteiger partial charge in [0.15, 0.2) is 0 Å². The molecule has 1 rings (SSSR count). The Bertz CT molecular complexity index is 335. The summed E-state index contributed by atoms with van der Waals surface area (Å²) in [6.45, 7) is 8.92. The fourth-order valence-electron chi connectivity index (χ4n) is 1.67. The molecule has 1 aliphatic rings. The molecule has 0 aromatic heterocycles. The minimum absolute atomic E-state index is 0.346. The van der Waals surface area contributed by atoms with Crippen LogP contribution in [0.5, 0.6) is 0 Å². The maximum Gasteiger partial charge on any atom is 0.411 e. The van der Waals surface area contributed by atoms with Crippen LogP contribution in [0.25, 0.3) is 0 Å². The molecule has 1 N–H and O–H groups in total. The molecule has 1 heterocycles. The fourth-order valence-corrected chi connectivity index (χ4v) is 2.79. The number of nitrogens with zero attached hydrogens (tertiary/aromatic N) is 1. The Morgan fingerprint density at radius 2 is 1.94 bits per heavy atom. The maximum atomic E-state index is 11.9. The Morgan fingerprint density at radius 3 is 2.35 bits per heavy atom. The molecule has 1 amide bonds. The first kappa shape index (κ1) is 14.2. The Kier molecular flexibility index (Phi) is 3.66. The predicted molar refractivity (Wildman–Crippen MR) is 66.0 cm³/mol. The zero-order valence-electron chi connectivity index (χ0n) is 10.8. The third-order valence-corrected chi connectivity index (χ3v) is 3.78. The second-order valence-electron chi connectivity index (χ2n) is 5.57. The lowest BCUT2D eigenvalue weighted by Crippen LogP contribution is -2.50. The molecule has 5 nitrogen and oxygen atoms in total. The molecule has 0 aromatic carbocycles. The molecular weight excluding hydrogens is 242 g/mol. The van der Waals surface area contributed by atoms with Crippen molar-refractivity contribution in [3.63, 3.8) is 0 Å². The monoisotopic (exact) mass is 261 g/mol. The van der Waals surface area contributed by atoms with Gasteiger partial charge < -0.3 is 9.84 Å². The first-order valence-corrected chi connectivity index (χ1v) is 6.39. The summed E-state index contributed by atoms with van der Waals surface area (Å²) in [5, 5.41) is 9.20. The Hall–Kier alpha value is -0.910. The molecule has 0 aromatic rings. The van der Waals surface area contributed by atoms with Crippen molar-refractivity contribution >= 4 is 23.8 Å². The molecule has 1 atom stereocenters. The van der Waals surface area contributed by atoms with Crippen LogP contribution in [0.1, 0.15) is 34.6 Å². The predicted octanol–water partition coefficient (Wildman–Crippen LogP) is 2.16. The normalized spacial score (nSPS) is 23.6.